The smallest absolute Gasteiger partial charge is 0.356 e. The van der Waals surface area contributed by atoms with E-state index < -0.39 is 54.0 Å². The van der Waals surface area contributed by atoms with E-state index in [9.17, 15) is 28.7 Å². The molecule has 1 fully saturated rings. The van der Waals surface area contributed by atoms with Crippen LogP contribution in [0.15, 0.2) is 64.0 Å². The van der Waals surface area contributed by atoms with Gasteiger partial charge in [-0.3, -0.25) is 19.7 Å². The lowest BCUT2D eigenvalue weighted by molar-refractivity contribution is -0.384. The Bertz CT molecular complexity index is 1610. The summed E-state index contributed by atoms with van der Waals surface area (Å²) in [5, 5.41) is 11.0. The lowest BCUT2D eigenvalue weighted by atomic mass is 9.79. The standard InChI is InChI=1S/C34H45N3O8SSi/c1-10-35(11-2)31(38)25-14-12-13-15-26(25)46(43)30-21(3)28-27(22(4)45-47(8,9)34(5,6)7)32(39)36(28)29(30)33(40)44-20-23-16-18-24(19-17-23)37(41)42/h12-19,21-22,27-28H,10-11,20H2,1-9H3/t21-,22?,27-,28-,46?/m1/s1. The number of nitro benzene ring substituents is 1. The average Bonchev–Trinajstić information content (AvgIpc) is 3.27. The molecule has 0 spiro atoms. The highest BCUT2D eigenvalue weighted by molar-refractivity contribution is 7.89. The van der Waals surface area contributed by atoms with Crippen LogP contribution >= 0.6 is 0 Å². The van der Waals surface area contributed by atoms with E-state index in [1.54, 1.807) is 29.2 Å². The maximum atomic E-state index is 14.6. The Morgan fingerprint density at radius 2 is 1.68 bits per heavy atom. The minimum absolute atomic E-state index is 0.0892. The van der Waals surface area contributed by atoms with Gasteiger partial charge in [0.05, 0.1) is 49.2 Å². The Kier molecular flexibility index (Phi) is 10.6. The predicted octanol–water partition coefficient (Wildman–Crippen LogP) is 6.03. The number of benzene rings is 2. The van der Waals surface area contributed by atoms with Gasteiger partial charge in [-0.05, 0) is 68.7 Å². The molecule has 0 radical (unpaired) electrons. The molecule has 1 saturated heterocycles. The number of carbonyl (C=O) groups is 3. The Balaban J connectivity index is 1.74. The van der Waals surface area contributed by atoms with Crippen molar-refractivity contribution in [2.45, 2.75) is 90.2 Å². The van der Waals surface area contributed by atoms with Crippen molar-refractivity contribution in [2.75, 3.05) is 13.1 Å². The van der Waals surface area contributed by atoms with E-state index >= 15 is 0 Å². The zero-order valence-electron chi connectivity index (χ0n) is 28.6. The molecule has 0 aromatic heterocycles. The van der Waals surface area contributed by atoms with Crippen molar-refractivity contribution in [3.05, 3.63) is 80.4 Å². The maximum Gasteiger partial charge on any atom is 0.356 e. The Morgan fingerprint density at radius 1 is 1.09 bits per heavy atom. The summed E-state index contributed by atoms with van der Waals surface area (Å²) >= 11 is 0. The van der Waals surface area contributed by atoms with Crippen LogP contribution < -0.4 is 0 Å². The van der Waals surface area contributed by atoms with Gasteiger partial charge in [0.2, 0.25) is 5.91 Å². The number of rotatable bonds is 12. The second kappa shape index (κ2) is 13.8. The summed E-state index contributed by atoms with van der Waals surface area (Å²) < 4.78 is 26.9. The van der Waals surface area contributed by atoms with Gasteiger partial charge in [0.15, 0.2) is 8.32 Å². The number of amides is 2. The molecule has 2 aromatic carbocycles. The number of carbonyl (C=O) groups excluding carboxylic acids is 3. The van der Waals surface area contributed by atoms with Crippen molar-refractivity contribution in [1.82, 2.24) is 9.80 Å². The van der Waals surface area contributed by atoms with Gasteiger partial charge in [-0.2, -0.15) is 0 Å². The minimum atomic E-state index is -2.26. The summed E-state index contributed by atoms with van der Waals surface area (Å²) in [4.78, 5) is 55.3. The number of fused-ring (bicyclic) bond motifs is 1. The van der Waals surface area contributed by atoms with Gasteiger partial charge < -0.3 is 19.0 Å². The predicted molar refractivity (Wildman–Crippen MR) is 181 cm³/mol. The van der Waals surface area contributed by atoms with Crippen LogP contribution in [0.25, 0.3) is 0 Å². The third kappa shape index (κ3) is 6.84. The number of non-ortho nitro benzene ring substituents is 1. The normalized spacial score (nSPS) is 20.7. The summed E-state index contributed by atoms with van der Waals surface area (Å²) in [5.41, 5.74) is 0.583. The first-order valence-electron chi connectivity index (χ1n) is 15.9. The molecule has 5 atom stereocenters. The highest BCUT2D eigenvalue weighted by atomic mass is 32.2. The molecular weight excluding hydrogens is 639 g/mol. The number of hydrogen-bond acceptors (Lipinski definition) is 8. The van der Waals surface area contributed by atoms with Crippen LogP contribution in [0.3, 0.4) is 0 Å². The molecule has 0 aliphatic carbocycles. The first kappa shape index (κ1) is 36.2. The molecule has 2 aliphatic rings. The molecule has 4 rings (SSSR count). The van der Waals surface area contributed by atoms with Gasteiger partial charge in [0.25, 0.3) is 11.6 Å². The second-order valence-electron chi connectivity index (χ2n) is 13.6. The quantitative estimate of drug-likeness (QED) is 0.0871. The van der Waals surface area contributed by atoms with Gasteiger partial charge in [-0.15, -0.1) is 0 Å². The molecule has 47 heavy (non-hydrogen) atoms. The molecule has 0 saturated carbocycles. The molecule has 13 heteroatoms. The molecule has 2 aromatic rings. The Labute approximate surface area is 280 Å². The first-order chi connectivity index (χ1) is 22.0. The van der Waals surface area contributed by atoms with E-state index in [1.807, 2.05) is 27.7 Å². The van der Waals surface area contributed by atoms with Crippen LogP contribution in [0.5, 0.6) is 0 Å². The van der Waals surface area contributed by atoms with Crippen molar-refractivity contribution in [3.63, 3.8) is 0 Å². The fraction of sp³-hybridized carbons (Fsp3) is 0.500. The number of esters is 1. The maximum absolute atomic E-state index is 14.6. The average molecular weight is 684 g/mol. The monoisotopic (exact) mass is 683 g/mol. The lowest BCUT2D eigenvalue weighted by Crippen LogP contribution is -2.65. The van der Waals surface area contributed by atoms with Crippen LogP contribution in [0.4, 0.5) is 5.69 Å². The van der Waals surface area contributed by atoms with E-state index in [4.69, 9.17) is 9.16 Å². The fourth-order valence-corrected chi connectivity index (χ4v) is 9.06. The van der Waals surface area contributed by atoms with Gasteiger partial charge in [-0.1, -0.05) is 39.8 Å². The number of nitro groups is 1. The fourth-order valence-electron chi connectivity index (χ4n) is 6.00. The van der Waals surface area contributed by atoms with Crippen LogP contribution in [0, 0.1) is 22.0 Å². The van der Waals surface area contributed by atoms with E-state index in [2.05, 4.69) is 33.9 Å². The van der Waals surface area contributed by atoms with Gasteiger partial charge in [0, 0.05) is 31.1 Å². The third-order valence-corrected chi connectivity index (χ3v) is 16.0. The summed E-state index contributed by atoms with van der Waals surface area (Å²) in [6.45, 7) is 18.8. The number of nitrogens with zero attached hydrogens (tertiary/aromatic N) is 3. The second-order valence-corrected chi connectivity index (χ2v) is 19.7. The topological polar surface area (TPSA) is 136 Å². The van der Waals surface area contributed by atoms with Gasteiger partial charge in [-0.25, -0.2) is 9.00 Å². The van der Waals surface area contributed by atoms with E-state index in [0.717, 1.165) is 0 Å². The van der Waals surface area contributed by atoms with Crippen LogP contribution in [0.2, 0.25) is 18.1 Å². The van der Waals surface area contributed by atoms with E-state index in [1.165, 1.54) is 29.2 Å². The molecule has 2 amide bonds. The summed E-state index contributed by atoms with van der Waals surface area (Å²) in [5.74, 6) is -2.50. The summed E-state index contributed by atoms with van der Waals surface area (Å²) in [6, 6.07) is 11.7. The third-order valence-electron chi connectivity index (χ3n) is 9.66. The minimum Gasteiger partial charge on any atom is -0.456 e. The zero-order chi connectivity index (χ0) is 35.0. The molecule has 254 valence electrons. The van der Waals surface area contributed by atoms with Crippen LogP contribution in [-0.4, -0.2) is 70.3 Å². The summed E-state index contributed by atoms with van der Waals surface area (Å²) in [7, 11) is -4.25. The molecular formula is C34H45N3O8SSi. The molecule has 2 aliphatic heterocycles. The van der Waals surface area contributed by atoms with Crippen molar-refractivity contribution in [2.24, 2.45) is 11.8 Å². The van der Waals surface area contributed by atoms with Crippen molar-refractivity contribution in [1.29, 1.82) is 0 Å². The zero-order valence-corrected chi connectivity index (χ0v) is 30.4. The van der Waals surface area contributed by atoms with Crippen molar-refractivity contribution < 1.29 is 32.7 Å². The number of ether oxygens (including phenoxy) is 1. The summed E-state index contributed by atoms with van der Waals surface area (Å²) in [6.07, 6.45) is -0.450. The van der Waals surface area contributed by atoms with E-state index in [0.29, 0.717) is 18.7 Å². The molecule has 11 nitrogen and oxygen atoms in total. The van der Waals surface area contributed by atoms with Gasteiger partial charge in [0.1, 0.15) is 12.3 Å². The molecule has 0 bridgehead atoms. The Morgan fingerprint density at radius 3 is 2.23 bits per heavy atom. The SMILES string of the molecule is CCN(CC)C(=O)c1ccccc1S(=O)C1=C(C(=O)OCc2ccc([N+](=O)[O-])cc2)N2C(=O)[C@H](C(C)O[Si](C)(C)C(C)(C)C)[C@H]2[C@H]1C. The number of hydrogen-bond donors (Lipinski definition) is 0. The molecule has 2 unspecified atom stereocenters. The number of β-lactam (4-membered cyclic amide) rings is 1. The Hall–Kier alpha value is -3.68. The first-order valence-corrected chi connectivity index (χ1v) is 20.0. The van der Waals surface area contributed by atoms with Crippen molar-refractivity contribution >= 4 is 42.6 Å². The van der Waals surface area contributed by atoms with E-state index in [-0.39, 0.29) is 50.2 Å². The van der Waals surface area contributed by atoms with Crippen LogP contribution in [0.1, 0.15) is 64.4 Å². The largest absolute Gasteiger partial charge is 0.456 e. The lowest BCUT2D eigenvalue weighted by Gasteiger charge is -2.50. The highest BCUT2D eigenvalue weighted by Crippen LogP contribution is 2.51. The van der Waals surface area contributed by atoms with Gasteiger partial charge >= 0.3 is 5.97 Å². The molecule has 0 N–H and O–H groups in total. The van der Waals surface area contributed by atoms with Crippen LogP contribution in [-0.2, 0) is 36.2 Å². The highest BCUT2D eigenvalue weighted by Gasteiger charge is 2.62. The molecule has 2 heterocycles. The van der Waals surface area contributed by atoms with Crippen molar-refractivity contribution in [3.8, 4) is 0 Å².